The monoisotopic (exact) mass is 1770 g/mol. The first-order chi connectivity index (χ1) is 67.2. The fourth-order valence-corrected chi connectivity index (χ4v) is 23.4. The van der Waals surface area contributed by atoms with Crippen molar-refractivity contribution in [3.8, 4) is 77.9 Å². The van der Waals surface area contributed by atoms with Gasteiger partial charge in [-0.3, -0.25) is 0 Å². The minimum Gasteiger partial charge on any atom is -0.456 e. The van der Waals surface area contributed by atoms with E-state index in [4.69, 9.17) is 8.83 Å². The summed E-state index contributed by atoms with van der Waals surface area (Å²) in [5.74, 6) is 0. The number of hydrogen-bond donors (Lipinski definition) is 0. The van der Waals surface area contributed by atoms with Crippen molar-refractivity contribution in [2.45, 2.75) is 57.8 Å². The number of benzene rings is 21. The molecule has 24 aromatic rings. The highest BCUT2D eigenvalue weighted by Crippen LogP contribution is 2.59. The number of nitrogens with zero attached hydrogens (tertiary/aromatic N) is 3. The number of furan rings is 2. The second-order valence-electron chi connectivity index (χ2n) is 38.2. The van der Waals surface area contributed by atoms with E-state index in [9.17, 15) is 0 Å². The Labute approximate surface area is 802 Å². The van der Waals surface area contributed by atoms with Crippen molar-refractivity contribution < 1.29 is 8.83 Å². The van der Waals surface area contributed by atoms with Gasteiger partial charge in [-0.15, -0.1) is 11.3 Å². The molecule has 0 spiro atoms. The van der Waals surface area contributed by atoms with Crippen molar-refractivity contribution in [2.24, 2.45) is 0 Å². The summed E-state index contributed by atoms with van der Waals surface area (Å²) >= 11 is 1.93. The van der Waals surface area contributed by atoms with E-state index in [1.165, 1.54) is 175 Å². The van der Waals surface area contributed by atoms with Crippen molar-refractivity contribution in [1.82, 2.24) is 0 Å². The van der Waals surface area contributed by atoms with Crippen LogP contribution in [0.15, 0.2) is 476 Å². The summed E-state index contributed by atoms with van der Waals surface area (Å²) in [6.07, 6.45) is 0. The average Bonchev–Trinajstić information content (AvgIpc) is 1.56. The maximum Gasteiger partial charge on any atom is 0.135 e. The van der Waals surface area contributed by atoms with Gasteiger partial charge in [0.15, 0.2) is 0 Å². The highest BCUT2D eigenvalue weighted by molar-refractivity contribution is 7.26. The number of para-hydroxylation sites is 4. The molecule has 5 nitrogen and oxygen atoms in total. The first kappa shape index (κ1) is 82.3. The number of thiophene rings is 1. The van der Waals surface area contributed by atoms with E-state index < -0.39 is 0 Å². The fraction of sp³-hybridized carbons (Fsp3) is 0.0687. The lowest BCUT2D eigenvalue weighted by atomic mass is 9.82. The van der Waals surface area contributed by atoms with Gasteiger partial charge in [0.2, 0.25) is 0 Å². The lowest BCUT2D eigenvalue weighted by Gasteiger charge is -2.28. The molecule has 0 radical (unpaired) electrons. The quantitative estimate of drug-likeness (QED) is 0.115. The van der Waals surface area contributed by atoms with Crippen molar-refractivity contribution in [3.05, 3.63) is 500 Å². The highest BCUT2D eigenvalue weighted by atomic mass is 32.1. The van der Waals surface area contributed by atoms with Crippen molar-refractivity contribution in [2.75, 3.05) is 14.7 Å². The lowest BCUT2D eigenvalue weighted by Crippen LogP contribution is -2.16. The first-order valence-electron chi connectivity index (χ1n) is 47.5. The number of anilines is 9. The predicted octanol–water partition coefficient (Wildman–Crippen LogP) is 37.5. The Bertz CT molecular complexity index is 8750. The third-order valence-electron chi connectivity index (χ3n) is 29.2. The minimum absolute atomic E-state index is 0.0119. The molecule has 0 aliphatic heterocycles. The van der Waals surface area contributed by atoms with E-state index in [1.807, 2.05) is 23.5 Å². The summed E-state index contributed by atoms with van der Waals surface area (Å²) in [4.78, 5) is 7.16. The molecule has 3 aliphatic carbocycles. The number of fused-ring (bicyclic) bond motifs is 21. The van der Waals surface area contributed by atoms with Gasteiger partial charge >= 0.3 is 0 Å². The van der Waals surface area contributed by atoms with Gasteiger partial charge in [0.1, 0.15) is 22.3 Å². The summed E-state index contributed by atoms with van der Waals surface area (Å²) < 4.78 is 15.3. The summed E-state index contributed by atoms with van der Waals surface area (Å²) in [5.41, 5.74) is 39.5. The zero-order chi connectivity index (χ0) is 91.8. The Kier molecular flexibility index (Phi) is 19.8. The van der Waals surface area contributed by atoms with Crippen molar-refractivity contribution in [3.63, 3.8) is 0 Å². The van der Waals surface area contributed by atoms with Gasteiger partial charge in [-0.2, -0.15) is 0 Å². The van der Waals surface area contributed by atoms with Crippen LogP contribution in [0.3, 0.4) is 0 Å². The van der Waals surface area contributed by atoms with Crippen LogP contribution >= 0.6 is 11.3 Å². The van der Waals surface area contributed by atoms with Crippen molar-refractivity contribution in [1.29, 1.82) is 0 Å². The molecule has 0 N–H and O–H groups in total. The average molecular weight is 1780 g/mol. The van der Waals surface area contributed by atoms with E-state index in [0.29, 0.717) is 0 Å². The van der Waals surface area contributed by atoms with E-state index in [2.05, 4.69) is 511 Å². The molecule has 3 aromatic heterocycles. The molecule has 0 fully saturated rings. The van der Waals surface area contributed by atoms with E-state index >= 15 is 0 Å². The molecular formula is C131H95N3O2S. The van der Waals surface area contributed by atoms with Crippen molar-refractivity contribution >= 4 is 148 Å². The fourth-order valence-electron chi connectivity index (χ4n) is 22.1. The SMILES string of the molecule is CC1(C)c2cc(N(c3ccc(-c4ccccc4)cc3)c3ccc(-c4ccccc4)cc3)ccc2-c2cc3c(cc21)oc1ccccc13.CC1(C)c2cc(N(c3ccccc3)c3ccc(-c4ccc5ccccc5c4)cc3)ccc2-c2cc3c(cc21)oc1ccccc13.CC1(C)c2ccccc2-c2c1ccc1c2sc2cccc(N(c3ccccc3)c3ccc(-c4ccc5ccccc5c4)cc3)c21. The second-order valence-corrected chi connectivity index (χ2v) is 39.3. The molecule has 3 heterocycles. The summed E-state index contributed by atoms with van der Waals surface area (Å²) in [6.45, 7) is 14.1. The number of hydrogen-bond acceptors (Lipinski definition) is 6. The van der Waals surface area contributed by atoms with Gasteiger partial charge < -0.3 is 23.5 Å². The van der Waals surface area contributed by atoms with E-state index in [1.54, 1.807) is 0 Å². The Morgan fingerprint density at radius 1 is 0.197 bits per heavy atom. The smallest absolute Gasteiger partial charge is 0.135 e. The Hall–Kier alpha value is -16.6. The molecule has 0 atom stereocenters. The topological polar surface area (TPSA) is 36.0 Å². The summed E-state index contributed by atoms with van der Waals surface area (Å²) in [6, 6.07) is 169. The molecule has 6 heteroatoms. The summed E-state index contributed by atoms with van der Waals surface area (Å²) in [7, 11) is 0. The third-order valence-corrected chi connectivity index (χ3v) is 30.4. The predicted molar refractivity (Wildman–Crippen MR) is 580 cm³/mol. The zero-order valence-electron chi connectivity index (χ0n) is 77.0. The Balaban J connectivity index is 0.000000109. The molecule has 0 saturated heterocycles. The molecule has 652 valence electrons. The molecule has 3 aliphatic rings. The maximum atomic E-state index is 6.32. The first-order valence-corrected chi connectivity index (χ1v) is 48.3. The Morgan fingerprint density at radius 2 is 0.555 bits per heavy atom. The highest BCUT2D eigenvalue weighted by Gasteiger charge is 2.41. The molecule has 0 saturated carbocycles. The third kappa shape index (κ3) is 14.1. The molecular weight excluding hydrogens is 1680 g/mol. The largest absolute Gasteiger partial charge is 0.456 e. The van der Waals surface area contributed by atoms with Crippen LogP contribution in [0.5, 0.6) is 0 Å². The summed E-state index contributed by atoms with van der Waals surface area (Å²) in [5, 5.41) is 12.4. The van der Waals surface area contributed by atoms with Crippen LogP contribution in [0.2, 0.25) is 0 Å². The lowest BCUT2D eigenvalue weighted by molar-refractivity contribution is 0.647. The molecule has 0 bridgehead atoms. The van der Waals surface area contributed by atoms with Gasteiger partial charge in [-0.25, -0.2) is 0 Å². The normalized spacial score (nSPS) is 13.2. The van der Waals surface area contributed by atoms with Crippen LogP contribution in [0.4, 0.5) is 51.2 Å². The van der Waals surface area contributed by atoms with Crippen LogP contribution in [0, 0.1) is 0 Å². The van der Waals surface area contributed by atoms with Crippen LogP contribution in [0.25, 0.3) is 163 Å². The molecule has 21 aromatic carbocycles. The maximum absolute atomic E-state index is 6.32. The minimum atomic E-state index is -0.187. The van der Waals surface area contributed by atoms with Crippen LogP contribution < -0.4 is 14.7 Å². The Morgan fingerprint density at radius 3 is 1.03 bits per heavy atom. The van der Waals surface area contributed by atoms with Gasteiger partial charge in [0, 0.05) is 109 Å². The van der Waals surface area contributed by atoms with Gasteiger partial charge in [0.05, 0.1) is 5.69 Å². The van der Waals surface area contributed by atoms with Gasteiger partial charge in [-0.05, 0) is 285 Å². The number of rotatable bonds is 13. The second kappa shape index (κ2) is 32.9. The van der Waals surface area contributed by atoms with Crippen LogP contribution in [-0.2, 0) is 16.2 Å². The van der Waals surface area contributed by atoms with Gasteiger partial charge in [0.25, 0.3) is 0 Å². The standard InChI is InChI=1S/C45H33NO.C43H31NO.C43H31NS/c1-45(2)41-27-36(25-26-37(41)39-28-40-38-15-9-10-16-43(38)47-44(40)29-42(39)45)46(34-21-17-32(18-22-34)30-11-5-3-6-12-30)35-23-19-33(20-24-35)31-13-7-4-8-14-31;1-43(2)39-25-34(22-23-35(39)37-26-38-36-14-8-9-15-41(36)45-42(38)27-40(37)43)44(32-12-4-3-5-13-32)33-20-18-29(19-21-33)31-17-16-28-10-6-7-11-30(28)24-31;1-43(2)36-16-9-8-15-34(36)40-37(43)26-25-35-41-38(17-10-18-39(41)45-42(35)40)44(32-13-4-3-5-14-32)33-23-21-29(22-24-33)31-20-19-28-11-6-7-12-30(28)27-31/h3-29H,1-2H3;2*3-27H,1-2H3. The molecule has 137 heavy (non-hydrogen) atoms. The molecule has 27 rings (SSSR count). The molecule has 0 unspecified atom stereocenters. The van der Waals surface area contributed by atoms with Crippen LogP contribution in [-0.4, -0.2) is 0 Å². The van der Waals surface area contributed by atoms with Gasteiger partial charge in [-0.1, -0.05) is 351 Å². The van der Waals surface area contributed by atoms with E-state index in [-0.39, 0.29) is 16.2 Å². The molecule has 0 amide bonds. The van der Waals surface area contributed by atoms with E-state index in [0.717, 1.165) is 73.2 Å². The van der Waals surface area contributed by atoms with Crippen LogP contribution in [0.1, 0.15) is 74.9 Å². The zero-order valence-corrected chi connectivity index (χ0v) is 77.8.